The van der Waals surface area contributed by atoms with Crippen molar-refractivity contribution in [2.75, 3.05) is 33.7 Å². The maximum atomic E-state index is 13.5. The lowest BCUT2D eigenvalue weighted by Crippen LogP contribution is -2.51. The molecule has 0 saturated carbocycles. The summed E-state index contributed by atoms with van der Waals surface area (Å²) in [5.74, 6) is -1.06. The van der Waals surface area contributed by atoms with Gasteiger partial charge in [-0.15, -0.1) is 0 Å². The largest absolute Gasteiger partial charge is 0.407 e. The second-order valence-electron chi connectivity index (χ2n) is 11.2. The molecule has 0 unspecified atom stereocenters. The summed E-state index contributed by atoms with van der Waals surface area (Å²) in [5.41, 5.74) is 8.36. The van der Waals surface area contributed by atoms with Crippen LogP contribution in [0.15, 0.2) is 20.9 Å². The summed E-state index contributed by atoms with van der Waals surface area (Å²) >= 11 is 0. The van der Waals surface area contributed by atoms with Crippen LogP contribution in [0.1, 0.15) is 32.6 Å². The molecule has 1 aliphatic rings. The van der Waals surface area contributed by atoms with Gasteiger partial charge < -0.3 is 28.3 Å². The first kappa shape index (κ1) is 31.5. The molecule has 15 heteroatoms. The Labute approximate surface area is 217 Å². The number of H-pyrrole nitrogens is 1. The van der Waals surface area contributed by atoms with Gasteiger partial charge in [0.2, 0.25) is 0 Å². The first-order valence-electron chi connectivity index (χ1n) is 12.0. The molecule has 6 atom stereocenters. The van der Waals surface area contributed by atoms with Gasteiger partial charge in [0.15, 0.2) is 14.5 Å². The van der Waals surface area contributed by atoms with Crippen LogP contribution in [0.2, 0.25) is 18.1 Å². The molecule has 1 fully saturated rings. The van der Waals surface area contributed by atoms with Crippen LogP contribution >= 0.6 is 7.14 Å². The minimum absolute atomic E-state index is 0.0675. The van der Waals surface area contributed by atoms with E-state index in [4.69, 9.17) is 18.6 Å². The van der Waals surface area contributed by atoms with Crippen LogP contribution in [0.3, 0.4) is 0 Å². The predicted octanol–water partition coefficient (Wildman–Crippen LogP) is 2.78. The minimum Gasteiger partial charge on any atom is -0.407 e. The van der Waals surface area contributed by atoms with Crippen molar-refractivity contribution in [1.29, 1.82) is 0 Å². The Morgan fingerprint density at radius 1 is 1.32 bits per heavy atom. The van der Waals surface area contributed by atoms with Crippen molar-refractivity contribution in [3.63, 3.8) is 0 Å². The highest BCUT2D eigenvalue weighted by molar-refractivity contribution is 7.63. The van der Waals surface area contributed by atoms with Gasteiger partial charge >= 0.3 is 5.69 Å². The second kappa shape index (κ2) is 12.0. The summed E-state index contributed by atoms with van der Waals surface area (Å²) in [7, 11) is -4.13. The highest BCUT2D eigenvalue weighted by Crippen LogP contribution is 2.51. The fourth-order valence-corrected chi connectivity index (χ4v) is 7.66. The molecule has 2 rings (SSSR count). The van der Waals surface area contributed by atoms with Crippen molar-refractivity contribution in [2.45, 2.75) is 82.3 Å². The Morgan fingerprint density at radius 2 is 1.95 bits per heavy atom. The number of nitrogens with zero attached hydrogens (tertiary/aromatic N) is 4. The molecule has 0 radical (unpaired) electrons. The number of aliphatic hydroxyl groups excluding tert-OH is 1. The van der Waals surface area contributed by atoms with Gasteiger partial charge in [-0.25, -0.2) is 4.79 Å². The van der Waals surface area contributed by atoms with Crippen LogP contribution in [0.4, 0.5) is 0 Å². The predicted molar refractivity (Wildman–Crippen MR) is 142 cm³/mol. The monoisotopic (exact) mass is 561 g/mol. The normalized spacial score (nSPS) is 24.5. The average Bonchev–Trinajstić information content (AvgIpc) is 3.08. The van der Waals surface area contributed by atoms with Crippen LogP contribution in [0, 0.1) is 6.92 Å². The number of ether oxygens (including phenoxy) is 3. The summed E-state index contributed by atoms with van der Waals surface area (Å²) in [6.07, 6.45) is -3.59. The lowest BCUT2D eigenvalue weighted by atomic mass is 10.0. The van der Waals surface area contributed by atoms with E-state index in [0.717, 1.165) is 4.57 Å². The van der Waals surface area contributed by atoms with E-state index in [0.29, 0.717) is 0 Å². The third-order valence-corrected chi connectivity index (χ3v) is 13.2. The van der Waals surface area contributed by atoms with E-state index >= 15 is 0 Å². The quantitative estimate of drug-likeness (QED) is 0.103. The standard InChI is InChI=1S/C22H40N5O8PSi/c1-13-12-27(21(30)24-18(13)29)19-17(33-11-10-32-5)15(28)16(34-19)14(25-26-23)20(36(6,7)31)35-37(8,9)22(2,3)4/h12,14-17,19-20,28H,10-11H2,1-9H3,(H,24,29,30)/t14-,15-,16-,17-,19-,20+/m1/s1. The molecule has 0 aromatic carbocycles. The van der Waals surface area contributed by atoms with Crippen molar-refractivity contribution in [3.05, 3.63) is 43.0 Å². The summed E-state index contributed by atoms with van der Waals surface area (Å²) in [5, 5.41) is 15.0. The molecular weight excluding hydrogens is 521 g/mol. The molecule has 13 nitrogen and oxygen atoms in total. The fraction of sp³-hybridized carbons (Fsp3) is 0.818. The Hall–Kier alpha value is -1.76. The highest BCUT2D eigenvalue weighted by Gasteiger charge is 2.54. The highest BCUT2D eigenvalue weighted by atomic mass is 31.2. The second-order valence-corrected chi connectivity index (χ2v) is 19.3. The van der Waals surface area contributed by atoms with E-state index in [1.54, 1.807) is 0 Å². The first-order chi connectivity index (χ1) is 17.0. The summed E-state index contributed by atoms with van der Waals surface area (Å²) < 4.78 is 38.2. The molecule has 1 aromatic rings. The zero-order chi connectivity index (χ0) is 28.3. The molecule has 1 aliphatic heterocycles. The van der Waals surface area contributed by atoms with Crippen molar-refractivity contribution >= 4 is 15.5 Å². The topological polar surface area (TPSA) is 178 Å². The molecule has 0 bridgehead atoms. The lowest BCUT2D eigenvalue weighted by Gasteiger charge is -2.43. The van der Waals surface area contributed by atoms with E-state index in [-0.39, 0.29) is 23.8 Å². The number of aryl methyl sites for hydroxylation is 1. The Bertz CT molecular complexity index is 1150. The first-order valence-corrected chi connectivity index (χ1v) is 17.6. The van der Waals surface area contributed by atoms with Gasteiger partial charge in [-0.3, -0.25) is 14.3 Å². The van der Waals surface area contributed by atoms with Crippen LogP contribution in [0.25, 0.3) is 10.4 Å². The van der Waals surface area contributed by atoms with Crippen molar-refractivity contribution in [2.24, 2.45) is 5.11 Å². The number of nitrogens with one attached hydrogen (secondary N) is 1. The van der Waals surface area contributed by atoms with Gasteiger partial charge in [-0.1, -0.05) is 25.9 Å². The SMILES string of the molecule is COCCO[C@@H]1[C@H](O)[C@@H]([C@@H](N=[N+]=[N-])[C@@H](O[Si](C)(C)C(C)(C)C)P(C)(C)=O)O[C@H]1n1cc(C)c(=O)[nH]c1=O. The van der Waals surface area contributed by atoms with Gasteiger partial charge in [0.05, 0.1) is 19.3 Å². The van der Waals surface area contributed by atoms with Crippen LogP contribution in [-0.2, 0) is 23.2 Å². The van der Waals surface area contributed by atoms with Crippen molar-refractivity contribution in [1.82, 2.24) is 9.55 Å². The fourth-order valence-electron chi connectivity index (χ4n) is 3.79. The average molecular weight is 562 g/mol. The Balaban J connectivity index is 2.61. The smallest absolute Gasteiger partial charge is 0.330 e. The van der Waals surface area contributed by atoms with E-state index < -0.39 is 63.1 Å². The molecule has 0 amide bonds. The Kier molecular flexibility index (Phi) is 10.2. The molecule has 1 aromatic heterocycles. The lowest BCUT2D eigenvalue weighted by molar-refractivity contribution is -0.0817. The third kappa shape index (κ3) is 7.21. The number of methoxy groups -OCH3 is 1. The molecule has 210 valence electrons. The number of rotatable bonds is 11. The maximum Gasteiger partial charge on any atom is 0.330 e. The number of azide groups is 1. The van der Waals surface area contributed by atoms with Gasteiger partial charge in [0.1, 0.15) is 31.3 Å². The number of hydrogen-bond donors (Lipinski definition) is 2. The zero-order valence-electron chi connectivity index (χ0n) is 23.0. The van der Waals surface area contributed by atoms with E-state index in [9.17, 15) is 24.8 Å². The molecule has 2 heterocycles. The van der Waals surface area contributed by atoms with Crippen molar-refractivity contribution in [3.8, 4) is 0 Å². The summed E-state index contributed by atoms with van der Waals surface area (Å²) in [4.78, 5) is 29.8. The van der Waals surface area contributed by atoms with Gasteiger partial charge in [-0.05, 0) is 43.9 Å². The van der Waals surface area contributed by atoms with Gasteiger partial charge in [0.25, 0.3) is 5.56 Å². The third-order valence-electron chi connectivity index (χ3n) is 6.92. The van der Waals surface area contributed by atoms with Gasteiger partial charge in [-0.2, -0.15) is 0 Å². The summed E-state index contributed by atoms with van der Waals surface area (Å²) in [6.45, 7) is 14.9. The number of hydrogen-bond acceptors (Lipinski definition) is 9. The van der Waals surface area contributed by atoms with E-state index in [1.807, 2.05) is 33.9 Å². The number of aliphatic hydroxyl groups is 1. The Morgan fingerprint density at radius 3 is 2.46 bits per heavy atom. The molecule has 0 spiro atoms. The number of aromatic amines is 1. The molecule has 0 aliphatic carbocycles. The summed E-state index contributed by atoms with van der Waals surface area (Å²) in [6, 6.07) is -1.20. The van der Waals surface area contributed by atoms with Crippen LogP contribution < -0.4 is 11.2 Å². The maximum absolute atomic E-state index is 13.5. The van der Waals surface area contributed by atoms with Gasteiger partial charge in [0, 0.05) is 23.8 Å². The molecule has 1 saturated heterocycles. The molecular formula is C22H40N5O8PSi. The van der Waals surface area contributed by atoms with Crippen LogP contribution in [0.5, 0.6) is 0 Å². The minimum atomic E-state index is -3.09. The molecule has 37 heavy (non-hydrogen) atoms. The van der Waals surface area contributed by atoms with E-state index in [1.165, 1.54) is 33.6 Å². The number of aromatic nitrogens is 2. The molecule has 2 N–H and O–H groups in total. The van der Waals surface area contributed by atoms with E-state index in [2.05, 4.69) is 15.0 Å². The van der Waals surface area contributed by atoms with Crippen molar-refractivity contribution < 1.29 is 28.3 Å². The van der Waals surface area contributed by atoms with Crippen LogP contribution in [-0.4, -0.2) is 86.8 Å². The zero-order valence-corrected chi connectivity index (χ0v) is 24.9.